The van der Waals surface area contributed by atoms with E-state index in [-0.39, 0.29) is 17.6 Å². The molecule has 0 saturated carbocycles. The van der Waals surface area contributed by atoms with Crippen molar-refractivity contribution in [3.8, 4) is 11.5 Å². The van der Waals surface area contributed by atoms with Gasteiger partial charge >= 0.3 is 0 Å². The number of hydrogen-bond donors (Lipinski definition) is 1. The van der Waals surface area contributed by atoms with E-state index < -0.39 is 0 Å². The van der Waals surface area contributed by atoms with Crippen molar-refractivity contribution in [3.63, 3.8) is 0 Å². The van der Waals surface area contributed by atoms with E-state index in [9.17, 15) is 4.79 Å². The molecule has 30 heavy (non-hydrogen) atoms. The SMILES string of the molecule is COc1cc2c(cc1OC)[C@@H](c1cccnc1)C1=C(C[C@@H](c3cccs3)CC1=O)N2. The number of benzene rings is 1. The molecular formula is C24H22N2O3S. The van der Waals surface area contributed by atoms with E-state index in [1.54, 1.807) is 31.8 Å². The van der Waals surface area contributed by atoms with Crippen LogP contribution in [0.15, 0.2) is 65.4 Å². The van der Waals surface area contributed by atoms with Gasteiger partial charge in [0.05, 0.1) is 14.2 Å². The predicted octanol–water partition coefficient (Wildman–Crippen LogP) is 5.12. The molecule has 1 aromatic carbocycles. The normalized spacial score (nSPS) is 20.3. The molecule has 0 unspecified atom stereocenters. The number of anilines is 1. The minimum atomic E-state index is -0.179. The smallest absolute Gasteiger partial charge is 0.162 e. The van der Waals surface area contributed by atoms with Gasteiger partial charge in [0.1, 0.15) is 0 Å². The van der Waals surface area contributed by atoms with Crippen LogP contribution in [0.1, 0.15) is 40.7 Å². The standard InChI is InChI=1S/C24H22N2O3S/c1-28-20-11-16-17(12-21(20)29-2)26-18-9-15(22-6-4-8-30-22)10-19(27)24(18)23(16)14-5-3-7-25-13-14/h3-8,11-13,15,23,26H,9-10H2,1-2H3/t15-,23-/m1/s1. The number of hydrogen-bond acceptors (Lipinski definition) is 6. The average molecular weight is 419 g/mol. The van der Waals surface area contributed by atoms with E-state index in [1.807, 2.05) is 36.5 Å². The number of carbonyl (C=O) groups excluding carboxylic acids is 1. The number of aromatic nitrogens is 1. The number of Topliss-reactive ketones (excluding diaryl/α,β-unsaturated/α-hetero) is 1. The lowest BCUT2D eigenvalue weighted by atomic mass is 9.73. The fraction of sp³-hybridized carbons (Fsp3) is 0.250. The molecule has 2 atom stereocenters. The third-order valence-corrected chi connectivity index (χ3v) is 6.95. The molecule has 5 rings (SSSR count). The molecule has 1 N–H and O–H groups in total. The maximum atomic E-state index is 13.4. The van der Waals surface area contributed by atoms with Gasteiger partial charge in [-0.15, -0.1) is 11.3 Å². The molecule has 2 aliphatic rings. The lowest BCUT2D eigenvalue weighted by molar-refractivity contribution is -0.116. The first-order valence-corrected chi connectivity index (χ1v) is 10.8. The Morgan fingerprint density at radius 1 is 1.10 bits per heavy atom. The molecule has 0 fully saturated rings. The molecule has 152 valence electrons. The summed E-state index contributed by atoms with van der Waals surface area (Å²) < 4.78 is 11.1. The lowest BCUT2D eigenvalue weighted by Gasteiger charge is -2.36. The molecule has 3 heterocycles. The van der Waals surface area contributed by atoms with Gasteiger partial charge in [-0.25, -0.2) is 0 Å². The van der Waals surface area contributed by atoms with Crippen molar-refractivity contribution >= 4 is 22.8 Å². The number of carbonyl (C=O) groups is 1. The molecule has 2 aromatic heterocycles. The average Bonchev–Trinajstić information content (AvgIpc) is 3.32. The zero-order valence-electron chi connectivity index (χ0n) is 16.8. The van der Waals surface area contributed by atoms with Crippen molar-refractivity contribution in [3.05, 3.63) is 81.4 Å². The summed E-state index contributed by atoms with van der Waals surface area (Å²) in [6.07, 6.45) is 4.94. The van der Waals surface area contributed by atoms with Gasteiger partial charge < -0.3 is 14.8 Å². The molecule has 0 radical (unpaired) electrons. The van der Waals surface area contributed by atoms with E-state index in [0.717, 1.165) is 34.5 Å². The van der Waals surface area contributed by atoms with E-state index in [2.05, 4.69) is 21.7 Å². The number of ketones is 1. The molecule has 0 saturated heterocycles. The van der Waals surface area contributed by atoms with Crippen LogP contribution < -0.4 is 14.8 Å². The number of nitrogens with zero attached hydrogens (tertiary/aromatic N) is 1. The molecule has 5 nitrogen and oxygen atoms in total. The Kier molecular flexibility index (Phi) is 4.79. The van der Waals surface area contributed by atoms with Crippen molar-refractivity contribution in [2.24, 2.45) is 0 Å². The minimum absolute atomic E-state index is 0.179. The summed E-state index contributed by atoms with van der Waals surface area (Å²) in [7, 11) is 3.26. The van der Waals surface area contributed by atoms with Crippen LogP contribution in [0.3, 0.4) is 0 Å². The van der Waals surface area contributed by atoms with Gasteiger partial charge in [0, 0.05) is 58.6 Å². The van der Waals surface area contributed by atoms with Crippen LogP contribution in [0.4, 0.5) is 5.69 Å². The minimum Gasteiger partial charge on any atom is -0.493 e. The number of nitrogens with one attached hydrogen (secondary N) is 1. The van der Waals surface area contributed by atoms with E-state index in [4.69, 9.17) is 9.47 Å². The summed E-state index contributed by atoms with van der Waals surface area (Å²) in [4.78, 5) is 19.0. The van der Waals surface area contributed by atoms with Crippen LogP contribution in [-0.2, 0) is 4.79 Å². The van der Waals surface area contributed by atoms with Gasteiger partial charge in [0.25, 0.3) is 0 Å². The molecule has 1 aliphatic heterocycles. The first-order valence-electron chi connectivity index (χ1n) is 9.92. The van der Waals surface area contributed by atoms with Gasteiger partial charge in [0.2, 0.25) is 0 Å². The second kappa shape index (κ2) is 7.61. The van der Waals surface area contributed by atoms with Gasteiger partial charge in [0.15, 0.2) is 17.3 Å². The summed E-state index contributed by atoms with van der Waals surface area (Å²) in [5.41, 5.74) is 4.79. The number of pyridine rings is 1. The summed E-state index contributed by atoms with van der Waals surface area (Å²) in [5.74, 6) is 1.53. The van der Waals surface area contributed by atoms with Crippen LogP contribution in [-0.4, -0.2) is 25.0 Å². The van der Waals surface area contributed by atoms with Gasteiger partial charge in [-0.3, -0.25) is 9.78 Å². The predicted molar refractivity (Wildman–Crippen MR) is 118 cm³/mol. The van der Waals surface area contributed by atoms with Crippen LogP contribution in [0.2, 0.25) is 0 Å². The first-order chi connectivity index (χ1) is 14.7. The Labute approximate surface area is 179 Å². The van der Waals surface area contributed by atoms with Crippen LogP contribution in [0.5, 0.6) is 11.5 Å². The number of rotatable bonds is 4. The van der Waals surface area contributed by atoms with Crippen molar-refractivity contribution in [1.29, 1.82) is 0 Å². The molecule has 1 aliphatic carbocycles. The monoisotopic (exact) mass is 418 g/mol. The largest absolute Gasteiger partial charge is 0.493 e. The summed E-state index contributed by atoms with van der Waals surface area (Å²) in [5, 5.41) is 5.63. The molecule has 6 heteroatoms. The maximum absolute atomic E-state index is 13.4. The fourth-order valence-corrected chi connectivity index (χ4v) is 5.39. The summed E-state index contributed by atoms with van der Waals surface area (Å²) >= 11 is 1.72. The van der Waals surface area contributed by atoms with Crippen molar-refractivity contribution in [2.45, 2.75) is 24.7 Å². The molecular weight excluding hydrogens is 396 g/mol. The Morgan fingerprint density at radius 2 is 1.93 bits per heavy atom. The van der Waals surface area contributed by atoms with Crippen LogP contribution >= 0.6 is 11.3 Å². The number of methoxy groups -OCH3 is 2. The van der Waals surface area contributed by atoms with E-state index >= 15 is 0 Å². The van der Waals surface area contributed by atoms with Crippen molar-refractivity contribution in [1.82, 2.24) is 4.98 Å². The summed E-state index contributed by atoms with van der Waals surface area (Å²) in [6.45, 7) is 0. The van der Waals surface area contributed by atoms with Gasteiger partial charge in [-0.1, -0.05) is 12.1 Å². The van der Waals surface area contributed by atoms with Gasteiger partial charge in [-0.05, 0) is 41.1 Å². The summed E-state index contributed by atoms with van der Waals surface area (Å²) in [6, 6.07) is 12.1. The van der Waals surface area contributed by atoms with E-state index in [1.165, 1.54) is 4.88 Å². The third kappa shape index (κ3) is 3.08. The zero-order valence-corrected chi connectivity index (χ0v) is 17.7. The molecule has 0 bridgehead atoms. The topological polar surface area (TPSA) is 60.5 Å². The van der Waals surface area contributed by atoms with Crippen LogP contribution in [0, 0.1) is 0 Å². The number of fused-ring (bicyclic) bond motifs is 1. The zero-order chi connectivity index (χ0) is 20.7. The first kappa shape index (κ1) is 18.9. The Hall–Kier alpha value is -3.12. The highest BCUT2D eigenvalue weighted by Gasteiger charge is 2.39. The third-order valence-electron chi connectivity index (χ3n) is 5.91. The number of ether oxygens (including phenoxy) is 2. The Balaban J connectivity index is 1.67. The Morgan fingerprint density at radius 3 is 2.63 bits per heavy atom. The lowest BCUT2D eigenvalue weighted by Crippen LogP contribution is -2.29. The van der Waals surface area contributed by atoms with Crippen molar-refractivity contribution < 1.29 is 14.3 Å². The number of allylic oxidation sites excluding steroid dienone is 2. The second-order valence-electron chi connectivity index (χ2n) is 7.57. The molecule has 3 aromatic rings. The quantitative estimate of drug-likeness (QED) is 0.637. The highest BCUT2D eigenvalue weighted by atomic mass is 32.1. The highest BCUT2D eigenvalue weighted by molar-refractivity contribution is 7.10. The number of thiophene rings is 1. The highest BCUT2D eigenvalue weighted by Crippen LogP contribution is 2.50. The maximum Gasteiger partial charge on any atom is 0.162 e. The molecule has 0 amide bonds. The molecule has 0 spiro atoms. The van der Waals surface area contributed by atoms with E-state index in [0.29, 0.717) is 17.9 Å². The Bertz CT molecular complexity index is 1120. The van der Waals surface area contributed by atoms with Gasteiger partial charge in [-0.2, -0.15) is 0 Å². The van der Waals surface area contributed by atoms with Crippen molar-refractivity contribution in [2.75, 3.05) is 19.5 Å². The fourth-order valence-electron chi connectivity index (χ4n) is 4.56. The second-order valence-corrected chi connectivity index (χ2v) is 8.55. The van der Waals surface area contributed by atoms with Crippen LogP contribution in [0.25, 0.3) is 0 Å².